The Morgan fingerprint density at radius 1 is 1.29 bits per heavy atom. The second kappa shape index (κ2) is 8.57. The van der Waals surface area contributed by atoms with Crippen LogP contribution in [0.15, 0.2) is 34.8 Å². The summed E-state index contributed by atoms with van der Waals surface area (Å²) >= 11 is 3.44. The third-order valence-corrected chi connectivity index (χ3v) is 4.83. The summed E-state index contributed by atoms with van der Waals surface area (Å²) in [6.45, 7) is 4.01. The van der Waals surface area contributed by atoms with Crippen molar-refractivity contribution in [2.75, 3.05) is 18.5 Å². The number of benzene rings is 2. The highest BCUT2D eigenvalue weighted by molar-refractivity contribution is 9.10. The fourth-order valence-corrected chi connectivity index (χ4v) is 3.69. The van der Waals surface area contributed by atoms with Gasteiger partial charge < -0.3 is 15.4 Å². The fourth-order valence-electron chi connectivity index (χ4n) is 2.78. The number of rotatable bonds is 5. The summed E-state index contributed by atoms with van der Waals surface area (Å²) < 4.78 is 41.5. The van der Waals surface area contributed by atoms with Crippen molar-refractivity contribution in [3.8, 4) is 28.7 Å². The lowest BCUT2D eigenvalue weighted by molar-refractivity contribution is -0.274. The van der Waals surface area contributed by atoms with E-state index in [4.69, 9.17) is 5.73 Å². The Bertz CT molecular complexity index is 945. The molecule has 4 nitrogen and oxygen atoms in total. The van der Waals surface area contributed by atoms with Crippen molar-refractivity contribution in [3.05, 3.63) is 45.9 Å². The van der Waals surface area contributed by atoms with Gasteiger partial charge in [0.15, 0.2) is 0 Å². The Hall–Kier alpha value is -2.66. The van der Waals surface area contributed by atoms with Crippen LogP contribution in [0.25, 0.3) is 11.1 Å². The lowest BCUT2D eigenvalue weighted by Crippen LogP contribution is -2.21. The Morgan fingerprint density at radius 2 is 1.89 bits per heavy atom. The van der Waals surface area contributed by atoms with Gasteiger partial charge in [0.25, 0.3) is 0 Å². The zero-order chi connectivity index (χ0) is 21.1. The van der Waals surface area contributed by atoms with Crippen molar-refractivity contribution in [1.29, 1.82) is 0 Å². The zero-order valence-corrected chi connectivity index (χ0v) is 17.0. The molecule has 0 atom stereocenters. The van der Waals surface area contributed by atoms with Gasteiger partial charge in [-0.05, 0) is 64.7 Å². The number of alkyl halides is 3. The van der Waals surface area contributed by atoms with Gasteiger partial charge in [0, 0.05) is 7.05 Å². The summed E-state index contributed by atoms with van der Waals surface area (Å²) in [6.07, 6.45) is -4.76. The molecule has 0 saturated heterocycles. The van der Waals surface area contributed by atoms with E-state index in [-0.39, 0.29) is 11.3 Å². The molecule has 0 aliphatic carbocycles. The molecule has 0 aromatic heterocycles. The minimum atomic E-state index is -4.76. The molecule has 0 aliphatic heterocycles. The molecule has 148 valence electrons. The van der Waals surface area contributed by atoms with Crippen LogP contribution in [0.4, 0.5) is 18.9 Å². The van der Waals surface area contributed by atoms with Crippen LogP contribution in [0.3, 0.4) is 0 Å². The number of carbonyl (C=O) groups is 1. The molecule has 2 aromatic carbocycles. The van der Waals surface area contributed by atoms with E-state index in [1.165, 1.54) is 24.3 Å². The molecule has 2 rings (SSSR count). The molecule has 0 spiro atoms. The SMILES string of the molecule is CC#CCN(C)c1c(C)c(-c2ccc(OC(F)(F)F)cc2)cc(C(N)=O)c1Br. The molecular weight excluding hydrogens is 437 g/mol. The van der Waals surface area contributed by atoms with E-state index in [1.807, 2.05) is 18.9 Å². The highest BCUT2D eigenvalue weighted by atomic mass is 79.9. The molecule has 28 heavy (non-hydrogen) atoms. The van der Waals surface area contributed by atoms with Crippen LogP contribution in [0.2, 0.25) is 0 Å². The number of halogens is 4. The average Bonchev–Trinajstić information content (AvgIpc) is 2.59. The predicted molar refractivity (Wildman–Crippen MR) is 106 cm³/mol. The van der Waals surface area contributed by atoms with Crippen LogP contribution in [0.5, 0.6) is 5.75 Å². The summed E-state index contributed by atoms with van der Waals surface area (Å²) in [5.74, 6) is 4.82. The number of ether oxygens (including phenoxy) is 1. The molecule has 0 saturated carbocycles. The number of anilines is 1. The first-order valence-electron chi connectivity index (χ1n) is 8.15. The quantitative estimate of drug-likeness (QED) is 0.654. The van der Waals surface area contributed by atoms with E-state index in [0.717, 1.165) is 11.3 Å². The van der Waals surface area contributed by atoms with Crippen molar-refractivity contribution >= 4 is 27.5 Å². The number of carbonyl (C=O) groups excluding carboxylic acids is 1. The minimum absolute atomic E-state index is 0.266. The van der Waals surface area contributed by atoms with E-state index in [1.54, 1.807) is 13.0 Å². The van der Waals surface area contributed by atoms with Crippen molar-refractivity contribution in [2.24, 2.45) is 5.73 Å². The average molecular weight is 455 g/mol. The molecule has 0 heterocycles. The summed E-state index contributed by atoms with van der Waals surface area (Å²) in [5.41, 5.74) is 8.62. The molecule has 8 heteroatoms. The van der Waals surface area contributed by atoms with Crippen LogP contribution in [-0.2, 0) is 0 Å². The van der Waals surface area contributed by atoms with Gasteiger partial charge in [-0.2, -0.15) is 0 Å². The number of primary amides is 1. The smallest absolute Gasteiger partial charge is 0.406 e. The minimum Gasteiger partial charge on any atom is -0.406 e. The Balaban J connectivity index is 2.58. The van der Waals surface area contributed by atoms with Gasteiger partial charge in [-0.1, -0.05) is 18.1 Å². The lowest BCUT2D eigenvalue weighted by atomic mass is 9.95. The fraction of sp³-hybridized carbons (Fsp3) is 0.250. The summed E-state index contributed by atoms with van der Waals surface area (Å²) in [5, 5.41) is 0. The number of hydrogen-bond acceptors (Lipinski definition) is 3. The Labute approximate surface area is 169 Å². The van der Waals surface area contributed by atoms with Gasteiger partial charge in [0.05, 0.1) is 22.3 Å². The lowest BCUT2D eigenvalue weighted by Gasteiger charge is -2.24. The zero-order valence-electron chi connectivity index (χ0n) is 15.4. The van der Waals surface area contributed by atoms with E-state index in [2.05, 4.69) is 32.5 Å². The van der Waals surface area contributed by atoms with Crippen LogP contribution in [0.1, 0.15) is 22.8 Å². The van der Waals surface area contributed by atoms with Crippen molar-refractivity contribution in [1.82, 2.24) is 0 Å². The third-order valence-electron chi connectivity index (χ3n) is 4.03. The number of hydrogen-bond donors (Lipinski definition) is 1. The molecule has 0 bridgehead atoms. The monoisotopic (exact) mass is 454 g/mol. The van der Waals surface area contributed by atoms with Gasteiger partial charge in [-0.25, -0.2) is 0 Å². The van der Waals surface area contributed by atoms with Crippen LogP contribution in [0, 0.1) is 18.8 Å². The first-order valence-corrected chi connectivity index (χ1v) is 8.94. The van der Waals surface area contributed by atoms with Crippen LogP contribution in [-0.4, -0.2) is 25.9 Å². The van der Waals surface area contributed by atoms with Crippen molar-refractivity contribution < 1.29 is 22.7 Å². The van der Waals surface area contributed by atoms with Crippen molar-refractivity contribution in [2.45, 2.75) is 20.2 Å². The second-order valence-electron chi connectivity index (χ2n) is 5.98. The van der Waals surface area contributed by atoms with Gasteiger partial charge >= 0.3 is 6.36 Å². The number of amides is 1. The highest BCUT2D eigenvalue weighted by Gasteiger charge is 2.31. The van der Waals surface area contributed by atoms with Gasteiger partial charge in [0.2, 0.25) is 5.91 Å². The van der Waals surface area contributed by atoms with Gasteiger partial charge in [-0.3, -0.25) is 4.79 Å². The molecule has 0 fully saturated rings. The molecule has 2 N–H and O–H groups in total. The third kappa shape index (κ3) is 4.98. The van der Waals surface area contributed by atoms with Crippen LogP contribution < -0.4 is 15.4 Å². The van der Waals surface area contributed by atoms with Gasteiger partial charge in [-0.15, -0.1) is 19.1 Å². The second-order valence-corrected chi connectivity index (χ2v) is 6.77. The molecular formula is C20H18BrF3N2O2. The molecule has 0 radical (unpaired) electrons. The Kier molecular flexibility index (Phi) is 6.62. The first-order chi connectivity index (χ1) is 13.0. The van der Waals surface area contributed by atoms with Crippen molar-refractivity contribution in [3.63, 3.8) is 0 Å². The maximum atomic E-state index is 12.4. The standard InChI is InChI=1S/C20H18BrF3N2O2/c1-4-5-10-26(3)18-12(2)15(11-16(17(18)21)19(25)27)13-6-8-14(9-7-13)28-20(22,23)24/h6-9,11H,10H2,1-3H3,(H2,25,27). The largest absolute Gasteiger partial charge is 0.573 e. The topological polar surface area (TPSA) is 55.6 Å². The molecule has 0 unspecified atom stereocenters. The summed E-state index contributed by atoms with van der Waals surface area (Å²) in [7, 11) is 1.83. The Morgan fingerprint density at radius 3 is 2.39 bits per heavy atom. The van der Waals surface area contributed by atoms with Crippen LogP contribution >= 0.6 is 15.9 Å². The normalized spacial score (nSPS) is 10.8. The summed E-state index contributed by atoms with van der Waals surface area (Å²) in [4.78, 5) is 13.8. The summed E-state index contributed by atoms with van der Waals surface area (Å²) in [6, 6.07) is 7.06. The van der Waals surface area contributed by atoms with E-state index in [9.17, 15) is 18.0 Å². The highest BCUT2D eigenvalue weighted by Crippen LogP contribution is 2.39. The molecule has 2 aromatic rings. The molecule has 1 amide bonds. The maximum Gasteiger partial charge on any atom is 0.573 e. The van der Waals surface area contributed by atoms with E-state index >= 15 is 0 Å². The predicted octanol–water partition coefficient (Wildman–Crippen LogP) is 4.88. The maximum absolute atomic E-state index is 12.4. The van der Waals surface area contributed by atoms with Gasteiger partial charge in [0.1, 0.15) is 5.75 Å². The molecule has 0 aliphatic rings. The number of nitrogens with zero attached hydrogens (tertiary/aromatic N) is 1. The first kappa shape index (κ1) is 21.6. The number of nitrogens with two attached hydrogens (primary N) is 1. The van der Waals surface area contributed by atoms with E-state index in [0.29, 0.717) is 22.1 Å². The van der Waals surface area contributed by atoms with E-state index < -0.39 is 12.3 Å².